The molecular weight excluding hydrogens is 374 g/mol. The van der Waals surface area contributed by atoms with Gasteiger partial charge in [-0.2, -0.15) is 0 Å². The summed E-state index contributed by atoms with van der Waals surface area (Å²) in [6, 6.07) is 15.2. The summed E-state index contributed by atoms with van der Waals surface area (Å²) in [7, 11) is -1.47. The molecule has 0 fully saturated rings. The third-order valence-corrected chi connectivity index (χ3v) is 5.25. The molecule has 0 atom stereocenters. The minimum atomic E-state index is -3.15. The first-order valence-corrected chi connectivity index (χ1v) is 11.2. The molecule has 0 saturated heterocycles. The van der Waals surface area contributed by atoms with E-state index < -0.39 is 9.84 Å². The zero-order chi connectivity index (χ0) is 20.4. The van der Waals surface area contributed by atoms with Crippen molar-refractivity contribution in [1.82, 2.24) is 10.6 Å². The standard InChI is InChI=1S/C21H29N3O3S/c1-4-22-21(24-15-18-6-5-7-19(14-18)16-27-2)23-13-12-17-8-10-20(11-9-17)28(3,25)26/h5-11,14H,4,12-13,15-16H2,1-3H3,(H2,22,23,24). The second-order valence-electron chi connectivity index (χ2n) is 6.54. The Hall–Kier alpha value is -2.38. The van der Waals surface area contributed by atoms with Gasteiger partial charge in [0.15, 0.2) is 15.8 Å². The van der Waals surface area contributed by atoms with E-state index in [4.69, 9.17) is 4.74 Å². The van der Waals surface area contributed by atoms with Crippen LogP contribution in [0.25, 0.3) is 0 Å². The van der Waals surface area contributed by atoms with Crippen molar-refractivity contribution >= 4 is 15.8 Å². The number of rotatable bonds is 9. The number of guanidine groups is 1. The fourth-order valence-corrected chi connectivity index (χ4v) is 3.36. The number of nitrogens with zero attached hydrogens (tertiary/aromatic N) is 1. The Morgan fingerprint density at radius 2 is 1.75 bits per heavy atom. The van der Waals surface area contributed by atoms with Gasteiger partial charge in [-0.15, -0.1) is 0 Å². The number of hydrogen-bond donors (Lipinski definition) is 2. The minimum absolute atomic E-state index is 0.342. The van der Waals surface area contributed by atoms with Crippen molar-refractivity contribution in [3.8, 4) is 0 Å². The van der Waals surface area contributed by atoms with Crippen LogP contribution < -0.4 is 10.6 Å². The zero-order valence-corrected chi connectivity index (χ0v) is 17.6. The monoisotopic (exact) mass is 403 g/mol. The SMILES string of the molecule is CCNC(=NCc1cccc(COC)c1)NCCc1ccc(S(C)(=O)=O)cc1. The Labute approximate surface area is 168 Å². The molecule has 0 radical (unpaired) electrons. The highest BCUT2D eigenvalue weighted by Crippen LogP contribution is 2.10. The summed E-state index contributed by atoms with van der Waals surface area (Å²) in [5, 5.41) is 6.56. The largest absolute Gasteiger partial charge is 0.380 e. The number of sulfone groups is 1. The van der Waals surface area contributed by atoms with E-state index in [0.29, 0.717) is 24.6 Å². The first-order chi connectivity index (χ1) is 13.4. The molecule has 0 heterocycles. The van der Waals surface area contributed by atoms with Crippen LogP contribution in [0.1, 0.15) is 23.6 Å². The molecule has 2 aromatic carbocycles. The molecule has 2 N–H and O–H groups in total. The smallest absolute Gasteiger partial charge is 0.191 e. The van der Waals surface area contributed by atoms with E-state index in [1.165, 1.54) is 6.26 Å². The Kier molecular flexibility index (Phi) is 8.47. The first kappa shape index (κ1) is 21.9. The van der Waals surface area contributed by atoms with Crippen LogP contribution in [0.2, 0.25) is 0 Å². The molecular formula is C21H29N3O3S. The highest BCUT2D eigenvalue weighted by molar-refractivity contribution is 7.90. The van der Waals surface area contributed by atoms with Crippen molar-refractivity contribution in [3.63, 3.8) is 0 Å². The van der Waals surface area contributed by atoms with Crippen LogP contribution in [0, 0.1) is 0 Å². The van der Waals surface area contributed by atoms with E-state index in [0.717, 1.165) is 35.6 Å². The first-order valence-electron chi connectivity index (χ1n) is 9.30. The summed E-state index contributed by atoms with van der Waals surface area (Å²) >= 11 is 0. The van der Waals surface area contributed by atoms with E-state index in [1.54, 1.807) is 19.2 Å². The molecule has 2 rings (SSSR count). The number of aliphatic imine (C=N–C) groups is 1. The highest BCUT2D eigenvalue weighted by Gasteiger charge is 2.06. The second-order valence-corrected chi connectivity index (χ2v) is 8.56. The molecule has 152 valence electrons. The van der Waals surface area contributed by atoms with E-state index in [9.17, 15) is 8.42 Å². The number of benzene rings is 2. The number of methoxy groups -OCH3 is 1. The van der Waals surface area contributed by atoms with Crippen LogP contribution in [-0.4, -0.2) is 40.8 Å². The fraction of sp³-hybridized carbons (Fsp3) is 0.381. The molecule has 6 nitrogen and oxygen atoms in total. The Balaban J connectivity index is 1.91. The van der Waals surface area contributed by atoms with Crippen molar-refractivity contribution in [2.75, 3.05) is 26.5 Å². The van der Waals surface area contributed by atoms with Crippen LogP contribution in [0.5, 0.6) is 0 Å². The summed E-state index contributed by atoms with van der Waals surface area (Å²) in [6.45, 7) is 4.68. The van der Waals surface area contributed by atoms with Gasteiger partial charge in [0.05, 0.1) is 18.0 Å². The summed E-state index contributed by atoms with van der Waals surface area (Å²) < 4.78 is 28.2. The van der Waals surface area contributed by atoms with Gasteiger partial charge in [-0.1, -0.05) is 36.4 Å². The predicted molar refractivity (Wildman–Crippen MR) is 113 cm³/mol. The molecule has 0 aliphatic carbocycles. The van der Waals surface area contributed by atoms with Gasteiger partial charge >= 0.3 is 0 Å². The number of nitrogens with one attached hydrogen (secondary N) is 2. The second kappa shape index (κ2) is 10.8. The van der Waals surface area contributed by atoms with Crippen molar-refractivity contribution < 1.29 is 13.2 Å². The molecule has 0 unspecified atom stereocenters. The summed E-state index contributed by atoms with van der Waals surface area (Å²) in [5.74, 6) is 0.757. The topological polar surface area (TPSA) is 79.8 Å². The van der Waals surface area contributed by atoms with E-state index in [2.05, 4.69) is 27.8 Å². The van der Waals surface area contributed by atoms with Gasteiger partial charge in [-0.25, -0.2) is 13.4 Å². The lowest BCUT2D eigenvalue weighted by Gasteiger charge is -2.12. The average Bonchev–Trinajstić information content (AvgIpc) is 2.66. The van der Waals surface area contributed by atoms with Crippen LogP contribution in [0.15, 0.2) is 58.4 Å². The lowest BCUT2D eigenvalue weighted by molar-refractivity contribution is 0.185. The quantitative estimate of drug-likeness (QED) is 0.497. The maximum Gasteiger partial charge on any atom is 0.191 e. The lowest BCUT2D eigenvalue weighted by atomic mass is 10.1. The predicted octanol–water partition coefficient (Wildman–Crippen LogP) is 2.53. The van der Waals surface area contributed by atoms with Crippen molar-refractivity contribution in [3.05, 3.63) is 65.2 Å². The molecule has 0 bridgehead atoms. The van der Waals surface area contributed by atoms with E-state index in [-0.39, 0.29) is 0 Å². The number of ether oxygens (including phenoxy) is 1. The van der Waals surface area contributed by atoms with Gasteiger partial charge < -0.3 is 15.4 Å². The van der Waals surface area contributed by atoms with Crippen LogP contribution in [0.4, 0.5) is 0 Å². The molecule has 7 heteroatoms. The molecule has 0 aromatic heterocycles. The molecule has 28 heavy (non-hydrogen) atoms. The van der Waals surface area contributed by atoms with E-state index >= 15 is 0 Å². The van der Waals surface area contributed by atoms with Gasteiger partial charge in [0.2, 0.25) is 0 Å². The maximum absolute atomic E-state index is 11.5. The van der Waals surface area contributed by atoms with Gasteiger partial charge in [0.25, 0.3) is 0 Å². The van der Waals surface area contributed by atoms with Gasteiger partial charge in [0, 0.05) is 26.5 Å². The minimum Gasteiger partial charge on any atom is -0.380 e. The zero-order valence-electron chi connectivity index (χ0n) is 16.7. The summed E-state index contributed by atoms with van der Waals surface area (Å²) in [5.41, 5.74) is 3.33. The fourth-order valence-electron chi connectivity index (χ4n) is 2.73. The molecule has 0 aliphatic heterocycles. The normalized spacial score (nSPS) is 12.0. The van der Waals surface area contributed by atoms with Crippen molar-refractivity contribution in [2.24, 2.45) is 4.99 Å². The molecule has 0 spiro atoms. The van der Waals surface area contributed by atoms with Gasteiger partial charge in [0.1, 0.15) is 0 Å². The average molecular weight is 404 g/mol. The Morgan fingerprint density at radius 3 is 2.39 bits per heavy atom. The van der Waals surface area contributed by atoms with E-state index in [1.807, 2.05) is 31.2 Å². The third kappa shape index (κ3) is 7.32. The molecule has 2 aromatic rings. The Bertz CT molecular complexity index is 878. The summed E-state index contributed by atoms with van der Waals surface area (Å²) in [6.07, 6.45) is 1.99. The van der Waals surface area contributed by atoms with Gasteiger partial charge in [-0.05, 0) is 42.2 Å². The highest BCUT2D eigenvalue weighted by atomic mass is 32.2. The third-order valence-electron chi connectivity index (χ3n) is 4.12. The van der Waals surface area contributed by atoms with Crippen LogP contribution in [0.3, 0.4) is 0 Å². The van der Waals surface area contributed by atoms with Crippen LogP contribution in [-0.2, 0) is 34.1 Å². The molecule has 0 aliphatic rings. The van der Waals surface area contributed by atoms with Gasteiger partial charge in [-0.3, -0.25) is 0 Å². The van der Waals surface area contributed by atoms with Crippen LogP contribution >= 0.6 is 0 Å². The molecule has 0 amide bonds. The maximum atomic E-state index is 11.5. The van der Waals surface area contributed by atoms with Crippen molar-refractivity contribution in [2.45, 2.75) is 31.4 Å². The van der Waals surface area contributed by atoms with Crippen molar-refractivity contribution in [1.29, 1.82) is 0 Å². The molecule has 0 saturated carbocycles. The lowest BCUT2D eigenvalue weighted by Crippen LogP contribution is -2.38. The summed E-state index contributed by atoms with van der Waals surface area (Å²) in [4.78, 5) is 4.98. The Morgan fingerprint density at radius 1 is 1.04 bits per heavy atom. The number of hydrogen-bond acceptors (Lipinski definition) is 4.